The highest BCUT2D eigenvalue weighted by atomic mass is 35.5. The molecule has 2 heterocycles. The first-order valence-electron chi connectivity index (χ1n) is 28.5. The van der Waals surface area contributed by atoms with E-state index in [1.165, 1.54) is 16.7 Å². The molecule has 2 atom stereocenters. The number of halogens is 2. The van der Waals surface area contributed by atoms with Crippen molar-refractivity contribution < 1.29 is 30.0 Å². The van der Waals surface area contributed by atoms with Crippen LogP contribution in [-0.2, 0) is 33.6 Å². The van der Waals surface area contributed by atoms with Gasteiger partial charge in [-0.1, -0.05) is 164 Å². The minimum Gasteiger partial charge on any atom is -0.481 e. The van der Waals surface area contributed by atoms with E-state index in [1.807, 2.05) is 130 Å². The molecule has 0 radical (unpaired) electrons. The Balaban J connectivity index is 0.000000191. The summed E-state index contributed by atoms with van der Waals surface area (Å²) >= 11 is 18.2. The number of benzene rings is 6. The molecule has 0 spiro atoms. The summed E-state index contributed by atoms with van der Waals surface area (Å²) in [6.07, 6.45) is 16.5. The van der Waals surface area contributed by atoms with Crippen LogP contribution in [0.4, 0.5) is 0 Å². The Hall–Kier alpha value is -6.24. The summed E-state index contributed by atoms with van der Waals surface area (Å²) in [5.74, 6) is 0.561. The highest BCUT2D eigenvalue weighted by molar-refractivity contribution is 7.99. The van der Waals surface area contributed by atoms with E-state index in [0.29, 0.717) is 22.4 Å². The number of rotatable bonds is 22. The monoisotopic (exact) mass is 1190 g/mol. The second kappa shape index (κ2) is 28.1. The van der Waals surface area contributed by atoms with Crippen molar-refractivity contribution in [3.8, 4) is 0 Å². The van der Waals surface area contributed by atoms with E-state index in [2.05, 4.69) is 111 Å². The number of carboxylic acids is 2. The van der Waals surface area contributed by atoms with Gasteiger partial charge in [-0.2, -0.15) is 24.4 Å². The number of nitrogens with zero attached hydrogens (tertiary/aromatic N) is 2. The zero-order chi connectivity index (χ0) is 59.4. The molecule has 0 saturated heterocycles. The highest BCUT2D eigenvalue weighted by Gasteiger charge is 2.45. The van der Waals surface area contributed by atoms with Crippen LogP contribution in [0.2, 0.25) is 10.0 Å². The van der Waals surface area contributed by atoms with E-state index < -0.39 is 23.1 Å². The van der Waals surface area contributed by atoms with Crippen LogP contribution in [0, 0.1) is 10.8 Å². The number of thioether (sulfide) groups is 1. The molecule has 0 bridgehead atoms. The third kappa shape index (κ3) is 18.6. The maximum Gasteiger partial charge on any atom is 0.303 e. The number of aryl methyl sites for hydroxylation is 2. The van der Waals surface area contributed by atoms with Crippen LogP contribution in [0.3, 0.4) is 0 Å². The summed E-state index contributed by atoms with van der Waals surface area (Å²) in [5.41, 5.74) is 10.9. The number of carboxylic acid groups (broad SMARTS) is 2. The molecule has 0 aliphatic heterocycles. The fourth-order valence-electron chi connectivity index (χ4n) is 10.5. The molecule has 8 aromatic rings. The van der Waals surface area contributed by atoms with Crippen LogP contribution in [0.5, 0.6) is 0 Å². The van der Waals surface area contributed by atoms with Gasteiger partial charge in [0.05, 0.1) is 46.5 Å². The smallest absolute Gasteiger partial charge is 0.303 e. The van der Waals surface area contributed by atoms with Crippen molar-refractivity contribution in [1.82, 2.24) is 9.97 Å². The lowest BCUT2D eigenvalue weighted by Crippen LogP contribution is -2.18. The van der Waals surface area contributed by atoms with Crippen molar-refractivity contribution in [3.05, 3.63) is 224 Å². The van der Waals surface area contributed by atoms with E-state index in [9.17, 15) is 24.9 Å². The number of carbonyl (C=O) groups is 2. The zero-order valence-corrected chi connectivity index (χ0v) is 51.3. The normalized spacial score (nSPS) is 15.1. The maximum atomic E-state index is 11.5. The Bertz CT molecular complexity index is 3600. The summed E-state index contributed by atoms with van der Waals surface area (Å²) in [6.45, 7) is 9.63. The minimum absolute atomic E-state index is 0.0783. The maximum absolute atomic E-state index is 11.5. The zero-order valence-electron chi connectivity index (χ0n) is 48.1. The Morgan fingerprint density at radius 3 is 1.48 bits per heavy atom. The number of hydrogen-bond donors (Lipinski definition) is 5. The van der Waals surface area contributed by atoms with E-state index >= 15 is 0 Å². The molecule has 0 amide bonds. The summed E-state index contributed by atoms with van der Waals surface area (Å²) in [6, 6.07) is 53.2. The lowest BCUT2D eigenvalue weighted by Gasteiger charge is -2.24. The first kappa shape index (κ1) is 62.8. The molecule has 2 aliphatic rings. The molecule has 12 heteroatoms. The number of pyridine rings is 2. The predicted octanol–water partition coefficient (Wildman–Crippen LogP) is 18.1. The van der Waals surface area contributed by atoms with Gasteiger partial charge in [0, 0.05) is 31.8 Å². The predicted molar refractivity (Wildman–Crippen MR) is 350 cm³/mol. The fraction of sp³-hybridized carbons (Fsp3) is 0.324. The van der Waals surface area contributed by atoms with Gasteiger partial charge in [0.2, 0.25) is 0 Å². The summed E-state index contributed by atoms with van der Waals surface area (Å²) in [4.78, 5) is 31.1. The second-order valence-corrected chi connectivity index (χ2v) is 26.0. The van der Waals surface area contributed by atoms with Crippen LogP contribution < -0.4 is 0 Å². The lowest BCUT2D eigenvalue weighted by atomic mass is 9.87. The molecular formula is C71H76Cl2N2O6S2. The van der Waals surface area contributed by atoms with E-state index in [1.54, 1.807) is 0 Å². The van der Waals surface area contributed by atoms with Crippen molar-refractivity contribution in [2.24, 2.45) is 10.8 Å². The number of hydrogen-bond acceptors (Lipinski definition) is 8. The molecular weight excluding hydrogens is 1110 g/mol. The van der Waals surface area contributed by atoms with E-state index in [4.69, 9.17) is 38.3 Å². The lowest BCUT2D eigenvalue weighted by molar-refractivity contribution is -0.139. The molecule has 432 valence electrons. The Kier molecular flexibility index (Phi) is 21.3. The average molecular weight is 1190 g/mol. The topological polar surface area (TPSA) is 141 Å². The molecule has 83 heavy (non-hydrogen) atoms. The molecule has 8 nitrogen and oxygen atoms in total. The first-order chi connectivity index (χ1) is 39.6. The van der Waals surface area contributed by atoms with Gasteiger partial charge in [-0.3, -0.25) is 9.59 Å². The van der Waals surface area contributed by atoms with Crippen molar-refractivity contribution in [3.63, 3.8) is 0 Å². The Labute approximate surface area is 509 Å². The number of thiol groups is 1. The largest absolute Gasteiger partial charge is 0.481 e. The molecule has 10 rings (SSSR count). The van der Waals surface area contributed by atoms with Gasteiger partial charge in [0.25, 0.3) is 0 Å². The molecule has 4 N–H and O–H groups in total. The molecule has 0 unspecified atom stereocenters. The highest BCUT2D eigenvalue weighted by Crippen LogP contribution is 2.53. The van der Waals surface area contributed by atoms with Crippen LogP contribution >= 0.6 is 47.6 Å². The van der Waals surface area contributed by atoms with Gasteiger partial charge in [0.1, 0.15) is 0 Å². The summed E-state index contributed by atoms with van der Waals surface area (Å²) in [5, 5.41) is 42.8. The van der Waals surface area contributed by atoms with Crippen LogP contribution in [0.25, 0.3) is 46.1 Å². The van der Waals surface area contributed by atoms with Crippen LogP contribution in [0.1, 0.15) is 153 Å². The average Bonchev–Trinajstić information content (AvgIpc) is 4.58. The third-order valence-corrected chi connectivity index (χ3v) is 18.6. The number of aliphatic hydroxyl groups is 2. The van der Waals surface area contributed by atoms with Crippen molar-refractivity contribution >= 4 is 106 Å². The van der Waals surface area contributed by atoms with Crippen LogP contribution in [-0.4, -0.2) is 53.8 Å². The van der Waals surface area contributed by atoms with Gasteiger partial charge >= 0.3 is 11.9 Å². The van der Waals surface area contributed by atoms with E-state index in [-0.39, 0.29) is 22.5 Å². The van der Waals surface area contributed by atoms with Gasteiger partial charge in [0.15, 0.2) is 0 Å². The van der Waals surface area contributed by atoms with Crippen LogP contribution in [0.15, 0.2) is 158 Å². The number of aliphatic carboxylic acids is 2. The van der Waals surface area contributed by atoms with Crippen molar-refractivity contribution in [1.29, 1.82) is 0 Å². The fourth-order valence-corrected chi connectivity index (χ4v) is 12.8. The molecule has 6 aromatic carbocycles. The standard InChI is InChI=1S/C35H36ClNO3S.C30H30ClNO.C6H10O2S/c1-34(2,40)30-9-4-3-7-25(30)13-17-32(41-23-35(18-19-35)22-33(38)39)27-8-5-6-24(20-27)10-15-29-16-12-26-11-14-28(36)21-31(26)37-29;1-21(11-13-23-8-4-5-10-28(23)30(2,3)33)25-9-6-7-22(19-25)12-17-27-18-15-24-14-16-26(31)20-29(24)32-27;7-5(8)3-6(4-9)1-2-6/h3-12,14-16,20-21,32,40H,13,17-19,22-23H2,1-2H3,(H,38,39);4-10,12,14-21,33H,11,13H2,1-3H3;9H,1-4H2,(H,7,8)/b15-10+;17-12+;/t32-;21-;/m10./s1. The van der Waals surface area contributed by atoms with E-state index in [0.717, 1.165) is 124 Å². The van der Waals surface area contributed by atoms with Gasteiger partial charge in [-0.25, -0.2) is 9.97 Å². The summed E-state index contributed by atoms with van der Waals surface area (Å²) < 4.78 is 0. The van der Waals surface area contributed by atoms with Gasteiger partial charge < -0.3 is 20.4 Å². The van der Waals surface area contributed by atoms with Crippen molar-refractivity contribution in [2.45, 2.75) is 121 Å². The Morgan fingerprint density at radius 1 is 0.578 bits per heavy atom. The van der Waals surface area contributed by atoms with Crippen molar-refractivity contribution in [2.75, 3.05) is 11.5 Å². The third-order valence-electron chi connectivity index (χ3n) is 15.8. The quantitative estimate of drug-likeness (QED) is 0.0420. The van der Waals surface area contributed by atoms with Gasteiger partial charge in [-0.15, -0.1) is 0 Å². The first-order valence-corrected chi connectivity index (χ1v) is 31.0. The molecule has 2 aromatic heterocycles. The number of aromatic nitrogens is 2. The molecule has 2 aliphatic carbocycles. The molecule has 2 fully saturated rings. The minimum atomic E-state index is -0.911. The Morgan fingerprint density at radius 2 is 1.02 bits per heavy atom. The molecule has 2 saturated carbocycles. The number of fused-ring (bicyclic) bond motifs is 2. The SMILES string of the molecule is CC(C)(O)c1ccccc1CC[C@@H](SCC1(CC(=O)O)CC1)c1cccc(/C=C/c2ccc3ccc(Cl)cc3n2)c1.C[C@@H](CCc1ccccc1C(C)(C)O)c1cccc(/C=C/c2ccc3ccc(Cl)cc3n2)c1.O=C(O)CC1(CS)CC1. The summed E-state index contributed by atoms with van der Waals surface area (Å²) in [7, 11) is 0. The van der Waals surface area contributed by atoms with Gasteiger partial charge in [-0.05, 0) is 195 Å². The second-order valence-electron chi connectivity index (χ2n) is 23.7.